The van der Waals surface area contributed by atoms with Gasteiger partial charge in [0, 0.05) is 17.3 Å². The molecule has 0 saturated carbocycles. The van der Waals surface area contributed by atoms with Crippen molar-refractivity contribution in [3.63, 3.8) is 0 Å². The lowest BCUT2D eigenvalue weighted by molar-refractivity contribution is 0.102. The van der Waals surface area contributed by atoms with Crippen LogP contribution in [0.4, 0.5) is 26.1 Å². The summed E-state index contributed by atoms with van der Waals surface area (Å²) >= 11 is 0. The van der Waals surface area contributed by atoms with Gasteiger partial charge >= 0.3 is 0 Å². The quantitative estimate of drug-likeness (QED) is 0.752. The molecule has 0 aliphatic carbocycles. The van der Waals surface area contributed by atoms with Crippen LogP contribution in [0.5, 0.6) is 0 Å². The second-order valence-corrected chi connectivity index (χ2v) is 5.38. The molecule has 0 aliphatic heterocycles. The molecule has 0 radical (unpaired) electrons. The molecular formula is C18H14F2N4O. The lowest BCUT2D eigenvalue weighted by Crippen LogP contribution is -2.13. The average Bonchev–Trinajstić information content (AvgIpc) is 2.60. The second-order valence-electron chi connectivity index (χ2n) is 5.38. The molecule has 5 nitrogen and oxygen atoms in total. The molecule has 0 aliphatic rings. The summed E-state index contributed by atoms with van der Waals surface area (Å²) in [6.07, 6.45) is 0. The van der Waals surface area contributed by atoms with E-state index < -0.39 is 11.6 Å². The first kappa shape index (κ1) is 16.5. The molecule has 3 rings (SSSR count). The predicted molar refractivity (Wildman–Crippen MR) is 90.8 cm³/mol. The largest absolute Gasteiger partial charge is 0.339 e. The molecule has 0 unspecified atom stereocenters. The summed E-state index contributed by atoms with van der Waals surface area (Å²) in [7, 11) is 0. The van der Waals surface area contributed by atoms with Gasteiger partial charge in [0.1, 0.15) is 0 Å². The van der Waals surface area contributed by atoms with Crippen LogP contribution >= 0.6 is 0 Å². The Balaban J connectivity index is 1.66. The van der Waals surface area contributed by atoms with Crippen molar-refractivity contribution in [3.05, 3.63) is 77.4 Å². The van der Waals surface area contributed by atoms with E-state index >= 15 is 0 Å². The maximum Gasteiger partial charge on any atom is 0.256 e. The molecule has 25 heavy (non-hydrogen) atoms. The number of aromatic nitrogens is 2. The Kier molecular flexibility index (Phi) is 4.65. The van der Waals surface area contributed by atoms with Gasteiger partial charge in [-0.2, -0.15) is 0 Å². The number of benzene rings is 2. The highest BCUT2D eigenvalue weighted by Crippen LogP contribution is 2.18. The van der Waals surface area contributed by atoms with Crippen molar-refractivity contribution in [1.29, 1.82) is 0 Å². The standard InChI is InChI=1S/C18H14F2N4O/c1-11-2-4-12(5-3-11)18(25)22-17-9-8-16(23-24-17)21-13-6-7-14(19)15(20)10-13/h2-10H,1H3,(H,21,23)(H,22,24,25). The zero-order valence-electron chi connectivity index (χ0n) is 13.3. The Bertz CT molecular complexity index is 896. The Morgan fingerprint density at radius 1 is 0.880 bits per heavy atom. The summed E-state index contributed by atoms with van der Waals surface area (Å²) in [5.41, 5.74) is 1.91. The fraction of sp³-hybridized carbons (Fsp3) is 0.0556. The molecule has 0 saturated heterocycles. The number of nitrogens with zero attached hydrogens (tertiary/aromatic N) is 2. The van der Waals surface area contributed by atoms with Crippen LogP contribution in [0.15, 0.2) is 54.6 Å². The summed E-state index contributed by atoms with van der Waals surface area (Å²) in [6, 6.07) is 13.7. The van der Waals surface area contributed by atoms with Gasteiger partial charge in [0.2, 0.25) is 0 Å². The summed E-state index contributed by atoms with van der Waals surface area (Å²) in [5.74, 6) is -1.57. The first-order valence-electron chi connectivity index (χ1n) is 7.45. The molecule has 0 atom stereocenters. The number of carbonyl (C=O) groups excluding carboxylic acids is 1. The number of carbonyl (C=O) groups is 1. The van der Waals surface area contributed by atoms with E-state index in [-0.39, 0.29) is 11.7 Å². The van der Waals surface area contributed by atoms with Gasteiger partial charge in [0.05, 0.1) is 0 Å². The maximum absolute atomic E-state index is 13.2. The van der Waals surface area contributed by atoms with Gasteiger partial charge in [0.25, 0.3) is 5.91 Å². The van der Waals surface area contributed by atoms with Gasteiger partial charge in [-0.15, -0.1) is 10.2 Å². The molecule has 1 amide bonds. The lowest BCUT2D eigenvalue weighted by atomic mass is 10.1. The zero-order valence-corrected chi connectivity index (χ0v) is 13.3. The van der Waals surface area contributed by atoms with Crippen LogP contribution in [0, 0.1) is 18.6 Å². The van der Waals surface area contributed by atoms with Gasteiger partial charge in [-0.25, -0.2) is 8.78 Å². The van der Waals surface area contributed by atoms with Crippen molar-refractivity contribution in [2.75, 3.05) is 10.6 Å². The summed E-state index contributed by atoms with van der Waals surface area (Å²) in [4.78, 5) is 12.1. The molecule has 2 aromatic carbocycles. The maximum atomic E-state index is 13.2. The highest BCUT2D eigenvalue weighted by Gasteiger charge is 2.08. The van der Waals surface area contributed by atoms with E-state index in [0.717, 1.165) is 17.7 Å². The van der Waals surface area contributed by atoms with E-state index in [2.05, 4.69) is 20.8 Å². The summed E-state index contributed by atoms with van der Waals surface area (Å²) in [6.45, 7) is 1.94. The molecule has 0 spiro atoms. The molecule has 126 valence electrons. The van der Waals surface area contributed by atoms with E-state index in [0.29, 0.717) is 17.1 Å². The number of amides is 1. The van der Waals surface area contributed by atoms with E-state index in [9.17, 15) is 13.6 Å². The van der Waals surface area contributed by atoms with Gasteiger partial charge in [-0.3, -0.25) is 4.79 Å². The number of halogens is 2. The minimum Gasteiger partial charge on any atom is -0.339 e. The van der Waals surface area contributed by atoms with Crippen LogP contribution in [0.3, 0.4) is 0 Å². The topological polar surface area (TPSA) is 66.9 Å². The van der Waals surface area contributed by atoms with Gasteiger partial charge in [0.15, 0.2) is 23.3 Å². The molecule has 0 bridgehead atoms. The van der Waals surface area contributed by atoms with Crippen LogP contribution in [0.2, 0.25) is 0 Å². The smallest absolute Gasteiger partial charge is 0.256 e. The van der Waals surface area contributed by atoms with Crippen molar-refractivity contribution in [1.82, 2.24) is 10.2 Å². The lowest BCUT2D eigenvalue weighted by Gasteiger charge is -2.07. The van der Waals surface area contributed by atoms with E-state index in [4.69, 9.17) is 0 Å². The Hall–Kier alpha value is -3.35. The number of hydrogen-bond donors (Lipinski definition) is 2. The van der Waals surface area contributed by atoms with Crippen molar-refractivity contribution in [2.24, 2.45) is 0 Å². The Morgan fingerprint density at radius 3 is 2.20 bits per heavy atom. The minimum absolute atomic E-state index is 0.279. The molecule has 7 heteroatoms. The van der Waals surface area contributed by atoms with Crippen LogP contribution in [0.25, 0.3) is 0 Å². The fourth-order valence-corrected chi connectivity index (χ4v) is 2.08. The van der Waals surface area contributed by atoms with Crippen LogP contribution in [-0.2, 0) is 0 Å². The first-order valence-corrected chi connectivity index (χ1v) is 7.45. The SMILES string of the molecule is Cc1ccc(C(=O)Nc2ccc(Nc3ccc(F)c(F)c3)nn2)cc1. The van der Waals surface area contributed by atoms with Crippen molar-refractivity contribution in [3.8, 4) is 0 Å². The number of nitrogens with one attached hydrogen (secondary N) is 2. The summed E-state index contributed by atoms with van der Waals surface area (Å²) < 4.78 is 26.1. The zero-order chi connectivity index (χ0) is 17.8. The van der Waals surface area contributed by atoms with E-state index in [1.807, 2.05) is 19.1 Å². The third-order valence-electron chi connectivity index (χ3n) is 3.41. The highest BCUT2D eigenvalue weighted by molar-refractivity contribution is 6.03. The minimum atomic E-state index is -0.958. The van der Waals surface area contributed by atoms with Crippen molar-refractivity contribution in [2.45, 2.75) is 6.92 Å². The fourth-order valence-electron chi connectivity index (χ4n) is 2.08. The average molecular weight is 340 g/mol. The molecular weight excluding hydrogens is 326 g/mol. The molecule has 2 N–H and O–H groups in total. The number of hydrogen-bond acceptors (Lipinski definition) is 4. The van der Waals surface area contributed by atoms with Crippen LogP contribution in [0.1, 0.15) is 15.9 Å². The third-order valence-corrected chi connectivity index (χ3v) is 3.41. The van der Waals surface area contributed by atoms with Crippen LogP contribution in [-0.4, -0.2) is 16.1 Å². The second kappa shape index (κ2) is 7.04. The van der Waals surface area contributed by atoms with Crippen molar-refractivity contribution >= 4 is 23.2 Å². The van der Waals surface area contributed by atoms with Gasteiger partial charge < -0.3 is 10.6 Å². The predicted octanol–water partition coefficient (Wildman–Crippen LogP) is 4.06. The summed E-state index contributed by atoms with van der Waals surface area (Å²) in [5, 5.41) is 13.2. The van der Waals surface area contributed by atoms with Gasteiger partial charge in [-0.05, 0) is 43.3 Å². The number of aryl methyl sites for hydroxylation is 1. The third kappa shape index (κ3) is 4.14. The molecule has 1 heterocycles. The molecule has 3 aromatic rings. The van der Waals surface area contributed by atoms with Gasteiger partial charge in [-0.1, -0.05) is 17.7 Å². The highest BCUT2D eigenvalue weighted by atomic mass is 19.2. The Morgan fingerprint density at radius 2 is 1.56 bits per heavy atom. The Labute approximate surface area is 142 Å². The van der Waals surface area contributed by atoms with E-state index in [1.54, 1.807) is 24.3 Å². The van der Waals surface area contributed by atoms with Crippen molar-refractivity contribution < 1.29 is 13.6 Å². The molecule has 0 fully saturated rings. The van der Waals surface area contributed by atoms with Crippen LogP contribution < -0.4 is 10.6 Å². The normalized spacial score (nSPS) is 10.4. The van der Waals surface area contributed by atoms with E-state index in [1.165, 1.54) is 6.07 Å². The monoisotopic (exact) mass is 340 g/mol. The first-order chi connectivity index (χ1) is 12.0. The number of rotatable bonds is 4. The molecule has 1 aromatic heterocycles. The number of anilines is 3.